The van der Waals surface area contributed by atoms with Gasteiger partial charge in [0.1, 0.15) is 5.75 Å². The minimum atomic E-state index is -5.08. The number of piperazine rings is 1. The molecule has 3 N–H and O–H groups in total. The number of carboxylic acids is 2. The quantitative estimate of drug-likeness (QED) is 0.362. The van der Waals surface area contributed by atoms with Gasteiger partial charge in [-0.2, -0.15) is 13.2 Å². The Morgan fingerprint density at radius 2 is 1.50 bits per heavy atom. The van der Waals surface area contributed by atoms with Crippen molar-refractivity contribution in [1.29, 1.82) is 0 Å². The van der Waals surface area contributed by atoms with Crippen LogP contribution in [-0.4, -0.2) is 67.5 Å². The number of nitrogens with one attached hydrogen (secondary N) is 1. The van der Waals surface area contributed by atoms with Crippen molar-refractivity contribution in [2.75, 3.05) is 48.4 Å². The second kappa shape index (κ2) is 13.1. The van der Waals surface area contributed by atoms with Crippen LogP contribution in [0.3, 0.4) is 0 Å². The van der Waals surface area contributed by atoms with Crippen LogP contribution in [0.15, 0.2) is 66.7 Å². The van der Waals surface area contributed by atoms with E-state index in [2.05, 4.69) is 15.1 Å². The lowest BCUT2D eigenvalue weighted by atomic mass is 10.1. The lowest BCUT2D eigenvalue weighted by Crippen LogP contribution is -2.47. The van der Waals surface area contributed by atoms with Gasteiger partial charge in [-0.3, -0.25) is 4.79 Å². The van der Waals surface area contributed by atoms with Gasteiger partial charge >= 0.3 is 18.1 Å². The zero-order valence-electron chi connectivity index (χ0n) is 21.1. The molecule has 1 amide bonds. The number of alkyl halides is 3. The third-order valence-corrected chi connectivity index (χ3v) is 6.21. The Kier molecular flexibility index (Phi) is 9.83. The average Bonchev–Trinajstić information content (AvgIpc) is 2.93. The maximum Gasteiger partial charge on any atom is 0.490 e. The molecule has 3 aromatic carbocycles. The van der Waals surface area contributed by atoms with E-state index in [9.17, 15) is 27.9 Å². The Bertz CT molecular complexity index is 1380. The predicted molar refractivity (Wildman–Crippen MR) is 144 cm³/mol. The van der Waals surface area contributed by atoms with Gasteiger partial charge in [-0.15, -0.1) is 0 Å². The molecule has 0 saturated carbocycles. The molecule has 13 heteroatoms. The second-order valence-electron chi connectivity index (χ2n) is 8.45. The number of amides is 1. The summed E-state index contributed by atoms with van der Waals surface area (Å²) in [5.41, 5.74) is 2.57. The fourth-order valence-electron chi connectivity index (χ4n) is 3.92. The SMILES string of the molecule is COc1cccc(N2CCN(c3ccc(NC(=O)c4ccccc4Cl)cc3C(=O)O)CC2)c1.O=C(O)C(F)(F)F. The molecule has 1 heterocycles. The van der Waals surface area contributed by atoms with Crippen LogP contribution in [0.1, 0.15) is 20.7 Å². The standard InChI is InChI=1S/C25H24ClN3O4.C2HF3O2/c1-33-19-6-4-5-18(16-19)28-11-13-29(14-12-28)23-10-9-17(15-21(23)25(31)32)27-24(30)20-7-2-3-8-22(20)26;3-2(4,5)1(6)7/h2-10,15-16H,11-14H2,1H3,(H,27,30)(H,31,32);(H,6,7). The van der Waals surface area contributed by atoms with Gasteiger partial charge in [0.25, 0.3) is 5.91 Å². The van der Waals surface area contributed by atoms with E-state index >= 15 is 0 Å². The molecule has 1 saturated heterocycles. The highest BCUT2D eigenvalue weighted by Crippen LogP contribution is 2.28. The average molecular weight is 580 g/mol. The Balaban J connectivity index is 0.000000559. The van der Waals surface area contributed by atoms with Gasteiger partial charge in [0.05, 0.1) is 28.9 Å². The summed E-state index contributed by atoms with van der Waals surface area (Å²) in [7, 11) is 1.64. The molecule has 0 aromatic heterocycles. The Hall–Kier alpha value is -4.45. The fraction of sp³-hybridized carbons (Fsp3) is 0.222. The Labute approximate surface area is 232 Å². The number of carbonyl (C=O) groups excluding carboxylic acids is 1. The normalized spacial score (nSPS) is 13.1. The van der Waals surface area contributed by atoms with Gasteiger partial charge < -0.3 is 30.1 Å². The zero-order chi connectivity index (χ0) is 29.4. The summed E-state index contributed by atoms with van der Waals surface area (Å²) in [6.45, 7) is 2.83. The molecule has 1 fully saturated rings. The number of hydrogen-bond donors (Lipinski definition) is 3. The molecule has 1 aliphatic heterocycles. The number of aliphatic carboxylic acids is 1. The number of carboxylic acid groups (broad SMARTS) is 2. The number of hydrogen-bond acceptors (Lipinski definition) is 6. The largest absolute Gasteiger partial charge is 0.497 e. The smallest absolute Gasteiger partial charge is 0.490 e. The van der Waals surface area contributed by atoms with E-state index in [1.54, 1.807) is 43.5 Å². The van der Waals surface area contributed by atoms with Gasteiger partial charge in [-0.05, 0) is 42.5 Å². The molecule has 4 rings (SSSR count). The first-order valence-electron chi connectivity index (χ1n) is 11.8. The molecule has 1 aliphatic rings. The Morgan fingerprint density at radius 3 is 2.08 bits per heavy atom. The lowest BCUT2D eigenvalue weighted by Gasteiger charge is -2.38. The van der Waals surface area contributed by atoms with Crippen molar-refractivity contribution in [2.45, 2.75) is 6.18 Å². The van der Waals surface area contributed by atoms with Gasteiger partial charge in [0.2, 0.25) is 0 Å². The van der Waals surface area contributed by atoms with Crippen molar-refractivity contribution in [2.24, 2.45) is 0 Å². The monoisotopic (exact) mass is 579 g/mol. The molecule has 0 aliphatic carbocycles. The summed E-state index contributed by atoms with van der Waals surface area (Å²) in [5, 5.41) is 20.0. The lowest BCUT2D eigenvalue weighted by molar-refractivity contribution is -0.192. The molecule has 0 bridgehead atoms. The molecule has 0 unspecified atom stereocenters. The molecule has 0 atom stereocenters. The summed E-state index contributed by atoms with van der Waals surface area (Å²) < 4.78 is 37.0. The molecular weight excluding hydrogens is 555 g/mol. The topological polar surface area (TPSA) is 119 Å². The second-order valence-corrected chi connectivity index (χ2v) is 8.86. The van der Waals surface area contributed by atoms with E-state index in [1.165, 1.54) is 6.07 Å². The summed E-state index contributed by atoms with van der Waals surface area (Å²) in [6, 6.07) is 19.6. The van der Waals surface area contributed by atoms with Crippen molar-refractivity contribution < 1.29 is 42.5 Å². The van der Waals surface area contributed by atoms with Crippen LogP contribution in [0.4, 0.5) is 30.2 Å². The van der Waals surface area contributed by atoms with Gasteiger partial charge in [-0.1, -0.05) is 29.8 Å². The first-order valence-corrected chi connectivity index (χ1v) is 12.2. The van der Waals surface area contributed by atoms with Crippen molar-refractivity contribution in [3.8, 4) is 5.75 Å². The maximum absolute atomic E-state index is 12.6. The number of nitrogens with zero attached hydrogens (tertiary/aromatic N) is 2. The predicted octanol–water partition coefficient (Wildman–Crippen LogP) is 5.26. The minimum Gasteiger partial charge on any atom is -0.497 e. The van der Waals surface area contributed by atoms with Crippen LogP contribution in [0.2, 0.25) is 5.02 Å². The van der Waals surface area contributed by atoms with E-state index < -0.39 is 24.0 Å². The number of rotatable bonds is 6. The first kappa shape index (κ1) is 30.1. The Morgan fingerprint density at radius 1 is 0.875 bits per heavy atom. The van der Waals surface area contributed by atoms with Crippen LogP contribution in [0.5, 0.6) is 5.75 Å². The molecule has 212 valence electrons. The van der Waals surface area contributed by atoms with Gasteiger partial charge in [0.15, 0.2) is 0 Å². The van der Waals surface area contributed by atoms with Crippen molar-refractivity contribution in [3.05, 3.63) is 82.9 Å². The first-order chi connectivity index (χ1) is 18.9. The van der Waals surface area contributed by atoms with Crippen LogP contribution in [0, 0.1) is 0 Å². The number of methoxy groups -OCH3 is 1. The zero-order valence-corrected chi connectivity index (χ0v) is 21.9. The van der Waals surface area contributed by atoms with Gasteiger partial charge in [-0.25, -0.2) is 9.59 Å². The number of halogens is 4. The van der Waals surface area contributed by atoms with Crippen LogP contribution in [-0.2, 0) is 4.79 Å². The van der Waals surface area contributed by atoms with E-state index in [0.29, 0.717) is 35.1 Å². The number of carbonyl (C=O) groups is 3. The molecule has 9 nitrogen and oxygen atoms in total. The molecule has 0 radical (unpaired) electrons. The summed E-state index contributed by atoms with van der Waals surface area (Å²) >= 11 is 6.09. The van der Waals surface area contributed by atoms with Crippen molar-refractivity contribution in [1.82, 2.24) is 0 Å². The summed E-state index contributed by atoms with van der Waals surface area (Å²) in [6.07, 6.45) is -5.08. The van der Waals surface area contributed by atoms with Crippen molar-refractivity contribution >= 4 is 46.5 Å². The number of benzene rings is 3. The third kappa shape index (κ3) is 7.79. The van der Waals surface area contributed by atoms with E-state index in [-0.39, 0.29) is 5.56 Å². The molecule has 40 heavy (non-hydrogen) atoms. The van der Waals surface area contributed by atoms with Crippen LogP contribution >= 0.6 is 11.6 Å². The molecule has 0 spiro atoms. The van der Waals surface area contributed by atoms with Gasteiger partial charge in [0, 0.05) is 43.6 Å². The third-order valence-electron chi connectivity index (χ3n) is 5.88. The number of ether oxygens (including phenoxy) is 1. The minimum absolute atomic E-state index is 0.141. The number of anilines is 3. The van der Waals surface area contributed by atoms with Crippen LogP contribution < -0.4 is 19.9 Å². The van der Waals surface area contributed by atoms with E-state index in [0.717, 1.165) is 24.5 Å². The summed E-state index contributed by atoms with van der Waals surface area (Å²) in [4.78, 5) is 37.7. The summed E-state index contributed by atoms with van der Waals surface area (Å²) in [5.74, 6) is -3.39. The highest BCUT2D eigenvalue weighted by Gasteiger charge is 2.38. The maximum atomic E-state index is 12.6. The molecule has 3 aromatic rings. The van der Waals surface area contributed by atoms with E-state index in [1.807, 2.05) is 24.3 Å². The molecular formula is C27H25ClF3N3O6. The fourth-order valence-corrected chi connectivity index (χ4v) is 4.14. The highest BCUT2D eigenvalue weighted by atomic mass is 35.5. The highest BCUT2D eigenvalue weighted by molar-refractivity contribution is 6.34. The van der Waals surface area contributed by atoms with E-state index in [4.69, 9.17) is 26.2 Å². The van der Waals surface area contributed by atoms with Crippen LogP contribution in [0.25, 0.3) is 0 Å². The van der Waals surface area contributed by atoms with Crippen molar-refractivity contribution in [3.63, 3.8) is 0 Å². The number of aromatic carboxylic acids is 1.